The molecule has 1 N–H and O–H groups in total. The van der Waals surface area contributed by atoms with Crippen LogP contribution in [-0.2, 0) is 9.59 Å². The van der Waals surface area contributed by atoms with Crippen molar-refractivity contribution in [3.63, 3.8) is 0 Å². The number of carboxylic acid groups (broad SMARTS) is 1. The van der Waals surface area contributed by atoms with Crippen molar-refractivity contribution in [2.75, 3.05) is 0 Å². The summed E-state index contributed by atoms with van der Waals surface area (Å²) in [5.74, 6) is -0.171. The molecule has 2 aromatic rings. The topological polar surface area (TPSA) is 63.6 Å². The minimum absolute atomic E-state index is 0.0360. The fourth-order valence-electron chi connectivity index (χ4n) is 3.40. The Hall–Kier alpha value is -2.62. The van der Waals surface area contributed by atoms with Gasteiger partial charge < -0.3 is 9.84 Å². The predicted octanol–water partition coefficient (Wildman–Crippen LogP) is 3.60. The number of aliphatic carboxylic acids is 1. The van der Waals surface area contributed by atoms with Crippen molar-refractivity contribution in [2.24, 2.45) is 11.8 Å². The summed E-state index contributed by atoms with van der Waals surface area (Å²) in [4.78, 5) is 23.5. The lowest BCUT2D eigenvalue weighted by molar-refractivity contribution is -0.140. The van der Waals surface area contributed by atoms with Gasteiger partial charge in [-0.1, -0.05) is 36.4 Å². The highest BCUT2D eigenvalue weighted by Gasteiger charge is 2.48. The zero-order valence-electron chi connectivity index (χ0n) is 12.4. The van der Waals surface area contributed by atoms with Gasteiger partial charge in [-0.25, -0.2) is 0 Å². The molecule has 0 radical (unpaired) electrons. The molecule has 116 valence electrons. The quantitative estimate of drug-likeness (QED) is 0.937. The molecule has 0 spiro atoms. The van der Waals surface area contributed by atoms with E-state index in [0.717, 1.165) is 22.6 Å². The van der Waals surface area contributed by atoms with Crippen molar-refractivity contribution in [3.8, 4) is 11.5 Å². The molecule has 4 nitrogen and oxygen atoms in total. The van der Waals surface area contributed by atoms with Crippen molar-refractivity contribution in [1.82, 2.24) is 0 Å². The fourth-order valence-corrected chi connectivity index (χ4v) is 3.40. The summed E-state index contributed by atoms with van der Waals surface area (Å²) in [6.07, 6.45) is 0.798. The van der Waals surface area contributed by atoms with Gasteiger partial charge in [-0.3, -0.25) is 9.59 Å². The van der Waals surface area contributed by atoms with Crippen molar-refractivity contribution >= 4 is 11.8 Å². The summed E-state index contributed by atoms with van der Waals surface area (Å²) in [7, 11) is 0. The van der Waals surface area contributed by atoms with E-state index >= 15 is 0 Å². The summed E-state index contributed by atoms with van der Waals surface area (Å²) in [6, 6.07) is 15.4. The van der Waals surface area contributed by atoms with Crippen LogP contribution in [0.4, 0.5) is 0 Å². The average molecular weight is 308 g/mol. The number of ether oxygens (including phenoxy) is 1. The van der Waals surface area contributed by atoms with Crippen LogP contribution in [0.1, 0.15) is 29.9 Å². The molecule has 2 aliphatic rings. The summed E-state index contributed by atoms with van der Waals surface area (Å²) in [5.41, 5.74) is 1.99. The molecule has 2 atom stereocenters. The van der Waals surface area contributed by atoms with Gasteiger partial charge in [0, 0.05) is 29.4 Å². The minimum Gasteiger partial charge on any atom is -0.481 e. The highest BCUT2D eigenvalue weighted by atomic mass is 16.5. The Morgan fingerprint density at radius 2 is 1.52 bits per heavy atom. The Labute approximate surface area is 133 Å². The van der Waals surface area contributed by atoms with Crippen LogP contribution in [0.3, 0.4) is 0 Å². The molecule has 1 unspecified atom stereocenters. The van der Waals surface area contributed by atoms with Gasteiger partial charge in [-0.05, 0) is 18.6 Å². The van der Waals surface area contributed by atoms with Gasteiger partial charge in [0.25, 0.3) is 0 Å². The number of benzene rings is 2. The lowest BCUT2D eigenvalue weighted by Gasteiger charge is -2.27. The minimum atomic E-state index is -0.865. The van der Waals surface area contributed by atoms with Gasteiger partial charge >= 0.3 is 5.97 Å². The molecule has 2 aromatic carbocycles. The molecular weight excluding hydrogens is 292 g/mol. The van der Waals surface area contributed by atoms with E-state index in [-0.39, 0.29) is 17.6 Å². The average Bonchev–Trinajstić information content (AvgIpc) is 3.35. The normalized spacial score (nSPS) is 21.7. The third-order valence-electron chi connectivity index (χ3n) is 4.74. The second-order valence-corrected chi connectivity index (χ2v) is 6.19. The van der Waals surface area contributed by atoms with Gasteiger partial charge in [0.05, 0.1) is 5.92 Å². The van der Waals surface area contributed by atoms with Gasteiger partial charge in [0.2, 0.25) is 0 Å². The Kier molecular flexibility index (Phi) is 3.18. The fraction of sp³-hybridized carbons (Fsp3) is 0.263. The summed E-state index contributed by atoms with van der Waals surface area (Å²) < 4.78 is 5.92. The summed E-state index contributed by atoms with van der Waals surface area (Å²) >= 11 is 0. The molecule has 0 bridgehead atoms. The molecule has 1 aliphatic carbocycles. The third-order valence-corrected chi connectivity index (χ3v) is 4.74. The second-order valence-electron chi connectivity index (χ2n) is 6.19. The van der Waals surface area contributed by atoms with Crippen molar-refractivity contribution in [2.45, 2.75) is 18.8 Å². The maximum Gasteiger partial charge on any atom is 0.307 e. The number of rotatable bonds is 4. The summed E-state index contributed by atoms with van der Waals surface area (Å²) in [5, 5.41) is 9.02. The Morgan fingerprint density at radius 3 is 2.04 bits per heavy atom. The van der Waals surface area contributed by atoms with E-state index in [9.17, 15) is 9.59 Å². The maximum atomic E-state index is 12.5. The van der Waals surface area contributed by atoms with Crippen LogP contribution in [-0.4, -0.2) is 16.9 Å². The van der Waals surface area contributed by atoms with E-state index in [1.807, 2.05) is 48.5 Å². The van der Waals surface area contributed by atoms with Crippen LogP contribution in [0, 0.1) is 11.8 Å². The largest absolute Gasteiger partial charge is 0.481 e. The van der Waals surface area contributed by atoms with E-state index in [1.165, 1.54) is 0 Å². The monoisotopic (exact) mass is 308 g/mol. The smallest absolute Gasteiger partial charge is 0.307 e. The molecule has 1 fully saturated rings. The van der Waals surface area contributed by atoms with Crippen LogP contribution in [0.5, 0.6) is 11.5 Å². The number of carbonyl (C=O) groups is 2. The number of hydrogen-bond donors (Lipinski definition) is 1. The first-order valence-corrected chi connectivity index (χ1v) is 7.76. The lowest BCUT2D eigenvalue weighted by atomic mass is 9.83. The highest BCUT2D eigenvalue weighted by Crippen LogP contribution is 2.48. The third kappa shape index (κ3) is 2.40. The van der Waals surface area contributed by atoms with E-state index in [1.54, 1.807) is 0 Å². The predicted molar refractivity (Wildman–Crippen MR) is 83.7 cm³/mol. The molecule has 4 rings (SSSR count). The van der Waals surface area contributed by atoms with Gasteiger partial charge in [0.15, 0.2) is 0 Å². The first-order valence-electron chi connectivity index (χ1n) is 7.76. The first-order chi connectivity index (χ1) is 11.1. The van der Waals surface area contributed by atoms with E-state index < -0.39 is 11.9 Å². The van der Waals surface area contributed by atoms with Crippen LogP contribution in [0.25, 0.3) is 0 Å². The Bertz CT molecular complexity index is 750. The number of Topliss-reactive ketones (excluding diaryl/α,β-unsaturated/α-hetero) is 1. The first kappa shape index (κ1) is 14.0. The molecule has 23 heavy (non-hydrogen) atoms. The lowest BCUT2D eigenvalue weighted by Crippen LogP contribution is -2.16. The zero-order chi connectivity index (χ0) is 16.0. The van der Waals surface area contributed by atoms with E-state index in [2.05, 4.69) is 0 Å². The number of fused-ring (bicyclic) bond motifs is 2. The number of carbonyl (C=O) groups excluding carboxylic acids is 1. The molecule has 0 aromatic heterocycles. The number of hydrogen-bond acceptors (Lipinski definition) is 3. The Morgan fingerprint density at radius 1 is 0.957 bits per heavy atom. The van der Waals surface area contributed by atoms with Crippen molar-refractivity contribution in [3.05, 3.63) is 59.7 Å². The van der Waals surface area contributed by atoms with Gasteiger partial charge in [-0.15, -0.1) is 0 Å². The molecule has 1 aliphatic heterocycles. The molecule has 1 saturated carbocycles. The van der Waals surface area contributed by atoms with Gasteiger partial charge in [-0.2, -0.15) is 0 Å². The number of para-hydroxylation sites is 2. The highest BCUT2D eigenvalue weighted by molar-refractivity contribution is 5.91. The second kappa shape index (κ2) is 5.23. The van der Waals surface area contributed by atoms with Gasteiger partial charge in [0.1, 0.15) is 17.3 Å². The van der Waals surface area contributed by atoms with E-state index in [4.69, 9.17) is 9.84 Å². The van der Waals surface area contributed by atoms with Crippen LogP contribution in [0.15, 0.2) is 48.5 Å². The molecular formula is C19H16O4. The van der Waals surface area contributed by atoms with Crippen LogP contribution >= 0.6 is 0 Å². The standard InChI is InChI=1S/C19H16O4/c20-16(14-9-15(14)19(21)22)10-13-11-5-1-3-7-17(11)23-18-8-4-2-6-12(13)18/h1-8,13-15H,9-10H2,(H,21,22)/t14?,15-/m0/s1. The number of carboxylic acids is 1. The molecule has 0 amide bonds. The summed E-state index contributed by atoms with van der Waals surface area (Å²) in [6.45, 7) is 0. The molecule has 1 heterocycles. The maximum absolute atomic E-state index is 12.5. The van der Waals surface area contributed by atoms with E-state index in [0.29, 0.717) is 12.8 Å². The van der Waals surface area contributed by atoms with Crippen LogP contribution < -0.4 is 4.74 Å². The Balaban J connectivity index is 1.65. The molecule has 4 heteroatoms. The van der Waals surface area contributed by atoms with Crippen molar-refractivity contribution in [1.29, 1.82) is 0 Å². The van der Waals surface area contributed by atoms with Crippen molar-refractivity contribution < 1.29 is 19.4 Å². The molecule has 0 saturated heterocycles. The SMILES string of the molecule is O=C(CC1c2ccccc2Oc2ccccc21)C1C[C@@H]1C(=O)O. The number of ketones is 1. The zero-order valence-corrected chi connectivity index (χ0v) is 12.4. The van der Waals surface area contributed by atoms with Crippen LogP contribution in [0.2, 0.25) is 0 Å².